The summed E-state index contributed by atoms with van der Waals surface area (Å²) in [5.41, 5.74) is 2.57. The third-order valence-corrected chi connectivity index (χ3v) is 4.32. The molecular weight excluding hydrogens is 262 g/mol. The van der Waals surface area contributed by atoms with E-state index < -0.39 is 0 Å². The highest BCUT2D eigenvalue weighted by Crippen LogP contribution is 2.24. The van der Waals surface area contributed by atoms with Gasteiger partial charge in [-0.3, -0.25) is 9.78 Å². The standard InChI is InChI=1S/C17H27N3O/c1-4-8-18-16-11-13(3)19-12-15(16)17(21)20-9-6-14(5-2)7-10-20/h11-12,14H,4-10H2,1-3H3,(H,18,19). The predicted octanol–water partition coefficient (Wildman–Crippen LogP) is 3.47. The monoisotopic (exact) mass is 289 g/mol. The summed E-state index contributed by atoms with van der Waals surface area (Å²) in [5.74, 6) is 0.901. The number of likely N-dealkylation sites (tertiary alicyclic amines) is 1. The summed E-state index contributed by atoms with van der Waals surface area (Å²) >= 11 is 0. The van der Waals surface area contributed by atoms with Crippen LogP contribution in [-0.4, -0.2) is 35.4 Å². The Labute approximate surface area is 127 Å². The molecule has 0 aliphatic carbocycles. The van der Waals surface area contributed by atoms with E-state index in [1.807, 2.05) is 17.9 Å². The molecule has 2 heterocycles. The number of aromatic nitrogens is 1. The van der Waals surface area contributed by atoms with Crippen LogP contribution in [0.3, 0.4) is 0 Å². The molecule has 1 saturated heterocycles. The van der Waals surface area contributed by atoms with E-state index in [2.05, 4.69) is 24.1 Å². The van der Waals surface area contributed by atoms with Crippen molar-refractivity contribution < 1.29 is 4.79 Å². The summed E-state index contributed by atoms with van der Waals surface area (Å²) in [5, 5.41) is 3.36. The van der Waals surface area contributed by atoms with Gasteiger partial charge in [-0.15, -0.1) is 0 Å². The molecule has 0 atom stereocenters. The Kier molecular flexibility index (Phi) is 5.59. The van der Waals surface area contributed by atoms with Crippen LogP contribution in [-0.2, 0) is 0 Å². The van der Waals surface area contributed by atoms with Gasteiger partial charge in [0, 0.05) is 31.5 Å². The Morgan fingerprint density at radius 3 is 2.71 bits per heavy atom. The van der Waals surface area contributed by atoms with E-state index >= 15 is 0 Å². The van der Waals surface area contributed by atoms with Crippen LogP contribution in [0.25, 0.3) is 0 Å². The van der Waals surface area contributed by atoms with Crippen LogP contribution in [0.4, 0.5) is 5.69 Å². The number of anilines is 1. The zero-order chi connectivity index (χ0) is 15.2. The van der Waals surface area contributed by atoms with Gasteiger partial charge in [0.25, 0.3) is 5.91 Å². The smallest absolute Gasteiger partial charge is 0.257 e. The van der Waals surface area contributed by atoms with E-state index in [9.17, 15) is 4.79 Å². The van der Waals surface area contributed by atoms with E-state index in [0.29, 0.717) is 5.56 Å². The molecule has 1 aliphatic heterocycles. The summed E-state index contributed by atoms with van der Waals surface area (Å²) in [6.07, 6.45) is 6.23. The summed E-state index contributed by atoms with van der Waals surface area (Å²) in [7, 11) is 0. The van der Waals surface area contributed by atoms with Gasteiger partial charge in [-0.1, -0.05) is 20.3 Å². The van der Waals surface area contributed by atoms with Crippen LogP contribution in [0.5, 0.6) is 0 Å². The summed E-state index contributed by atoms with van der Waals surface area (Å²) in [6, 6.07) is 1.97. The van der Waals surface area contributed by atoms with Gasteiger partial charge in [0.2, 0.25) is 0 Å². The van der Waals surface area contributed by atoms with Crippen LogP contribution in [0.2, 0.25) is 0 Å². The molecule has 1 amide bonds. The highest BCUT2D eigenvalue weighted by molar-refractivity contribution is 5.99. The van der Waals surface area contributed by atoms with Crippen molar-refractivity contribution in [2.45, 2.75) is 46.5 Å². The number of nitrogens with one attached hydrogen (secondary N) is 1. The van der Waals surface area contributed by atoms with Crippen molar-refractivity contribution in [2.24, 2.45) is 5.92 Å². The van der Waals surface area contributed by atoms with Gasteiger partial charge in [0.05, 0.1) is 11.3 Å². The van der Waals surface area contributed by atoms with Crippen molar-refractivity contribution in [3.05, 3.63) is 23.5 Å². The maximum absolute atomic E-state index is 12.7. The first-order chi connectivity index (χ1) is 10.2. The Hall–Kier alpha value is -1.58. The number of nitrogens with zero attached hydrogens (tertiary/aromatic N) is 2. The van der Waals surface area contributed by atoms with Gasteiger partial charge in [0.15, 0.2) is 0 Å². The second-order valence-electron chi connectivity index (χ2n) is 5.94. The normalized spacial score (nSPS) is 16.0. The summed E-state index contributed by atoms with van der Waals surface area (Å²) in [4.78, 5) is 19.0. The number of hydrogen-bond acceptors (Lipinski definition) is 3. The first kappa shape index (κ1) is 15.8. The molecular formula is C17H27N3O. The summed E-state index contributed by atoms with van der Waals surface area (Å²) < 4.78 is 0. The van der Waals surface area contributed by atoms with Crippen LogP contribution < -0.4 is 5.32 Å². The Morgan fingerprint density at radius 1 is 1.38 bits per heavy atom. The third kappa shape index (κ3) is 3.96. The predicted molar refractivity (Wildman–Crippen MR) is 86.7 cm³/mol. The van der Waals surface area contributed by atoms with Gasteiger partial charge < -0.3 is 10.2 Å². The Bertz CT molecular complexity index is 479. The van der Waals surface area contributed by atoms with Gasteiger partial charge in [0.1, 0.15) is 0 Å². The van der Waals surface area contributed by atoms with Crippen molar-refractivity contribution in [1.29, 1.82) is 0 Å². The third-order valence-electron chi connectivity index (χ3n) is 4.32. The molecule has 1 N–H and O–H groups in total. The Balaban J connectivity index is 2.11. The van der Waals surface area contributed by atoms with E-state index in [-0.39, 0.29) is 5.91 Å². The van der Waals surface area contributed by atoms with Crippen molar-refractivity contribution in [1.82, 2.24) is 9.88 Å². The average molecular weight is 289 g/mol. The molecule has 1 aromatic rings. The zero-order valence-electron chi connectivity index (χ0n) is 13.5. The number of carbonyl (C=O) groups is 1. The van der Waals surface area contributed by atoms with Crippen molar-refractivity contribution in [3.63, 3.8) is 0 Å². The van der Waals surface area contributed by atoms with Gasteiger partial charge >= 0.3 is 0 Å². The van der Waals surface area contributed by atoms with E-state index in [0.717, 1.165) is 56.2 Å². The maximum atomic E-state index is 12.7. The highest BCUT2D eigenvalue weighted by atomic mass is 16.2. The highest BCUT2D eigenvalue weighted by Gasteiger charge is 2.24. The molecule has 116 valence electrons. The van der Waals surface area contributed by atoms with Crippen LogP contribution >= 0.6 is 0 Å². The lowest BCUT2D eigenvalue weighted by atomic mass is 9.94. The number of hydrogen-bond donors (Lipinski definition) is 1. The molecule has 0 aromatic carbocycles. The van der Waals surface area contributed by atoms with Gasteiger partial charge in [-0.05, 0) is 38.2 Å². The number of aryl methyl sites for hydroxylation is 1. The molecule has 4 nitrogen and oxygen atoms in total. The van der Waals surface area contributed by atoms with Crippen molar-refractivity contribution >= 4 is 11.6 Å². The SMILES string of the molecule is CCCNc1cc(C)ncc1C(=O)N1CCC(CC)CC1. The van der Waals surface area contributed by atoms with E-state index in [4.69, 9.17) is 0 Å². The molecule has 4 heteroatoms. The molecule has 2 rings (SSSR count). The maximum Gasteiger partial charge on any atom is 0.257 e. The number of amides is 1. The quantitative estimate of drug-likeness (QED) is 0.902. The number of carbonyl (C=O) groups excluding carboxylic acids is 1. The molecule has 0 bridgehead atoms. The minimum Gasteiger partial charge on any atom is -0.384 e. The lowest BCUT2D eigenvalue weighted by Gasteiger charge is -2.32. The molecule has 1 aliphatic rings. The van der Waals surface area contributed by atoms with Crippen molar-refractivity contribution in [3.8, 4) is 0 Å². The van der Waals surface area contributed by atoms with E-state index in [1.54, 1.807) is 6.20 Å². The lowest BCUT2D eigenvalue weighted by molar-refractivity contribution is 0.0689. The number of piperidine rings is 1. The first-order valence-electron chi connectivity index (χ1n) is 8.15. The molecule has 1 fully saturated rings. The van der Waals surface area contributed by atoms with Crippen LogP contribution in [0.1, 0.15) is 55.6 Å². The largest absolute Gasteiger partial charge is 0.384 e. The second-order valence-corrected chi connectivity index (χ2v) is 5.94. The summed E-state index contributed by atoms with van der Waals surface area (Å²) in [6.45, 7) is 8.94. The van der Waals surface area contributed by atoms with Crippen LogP contribution in [0.15, 0.2) is 12.3 Å². The molecule has 0 spiro atoms. The number of pyridine rings is 1. The van der Waals surface area contributed by atoms with Crippen LogP contribution in [0, 0.1) is 12.8 Å². The topological polar surface area (TPSA) is 45.2 Å². The number of rotatable bonds is 5. The fraction of sp³-hybridized carbons (Fsp3) is 0.647. The molecule has 21 heavy (non-hydrogen) atoms. The first-order valence-corrected chi connectivity index (χ1v) is 8.15. The minimum absolute atomic E-state index is 0.121. The van der Waals surface area contributed by atoms with Crippen molar-refractivity contribution in [2.75, 3.05) is 25.0 Å². The fourth-order valence-electron chi connectivity index (χ4n) is 2.85. The average Bonchev–Trinajstić information content (AvgIpc) is 2.52. The van der Waals surface area contributed by atoms with Gasteiger partial charge in [-0.25, -0.2) is 0 Å². The molecule has 1 aromatic heterocycles. The molecule has 0 unspecified atom stereocenters. The second kappa shape index (κ2) is 7.43. The van der Waals surface area contributed by atoms with Gasteiger partial charge in [-0.2, -0.15) is 0 Å². The lowest BCUT2D eigenvalue weighted by Crippen LogP contribution is -2.38. The van der Waals surface area contributed by atoms with E-state index in [1.165, 1.54) is 6.42 Å². The minimum atomic E-state index is 0.121. The molecule has 0 saturated carbocycles. The molecule has 0 radical (unpaired) electrons. The fourth-order valence-corrected chi connectivity index (χ4v) is 2.85. The zero-order valence-corrected chi connectivity index (χ0v) is 13.5. The Morgan fingerprint density at radius 2 is 2.10 bits per heavy atom.